The molecule has 0 spiro atoms. The maximum atomic E-state index is 4.23. The number of hydrogen-bond donors (Lipinski definition) is 1. The van der Waals surface area contributed by atoms with E-state index in [9.17, 15) is 0 Å². The first-order valence-corrected chi connectivity index (χ1v) is 6.53. The molecule has 0 aliphatic rings. The summed E-state index contributed by atoms with van der Waals surface area (Å²) in [6, 6.07) is 0. The van der Waals surface area contributed by atoms with E-state index in [4.69, 9.17) is 0 Å². The van der Waals surface area contributed by atoms with Crippen molar-refractivity contribution < 1.29 is 0 Å². The van der Waals surface area contributed by atoms with Crippen molar-refractivity contribution in [3.8, 4) is 0 Å². The number of thiazole rings is 2. The van der Waals surface area contributed by atoms with Gasteiger partial charge in [-0.15, -0.1) is 22.7 Å². The summed E-state index contributed by atoms with van der Waals surface area (Å²) in [6.45, 7) is 3.96. The number of aryl methyl sites for hydroxylation is 1. The maximum absolute atomic E-state index is 4.23. The van der Waals surface area contributed by atoms with Gasteiger partial charge in [0.25, 0.3) is 0 Å². The Labute approximate surface area is 97.2 Å². The van der Waals surface area contributed by atoms with Crippen molar-refractivity contribution in [2.45, 2.75) is 19.9 Å². The normalized spacial score (nSPS) is 10.7. The van der Waals surface area contributed by atoms with Gasteiger partial charge in [0.1, 0.15) is 0 Å². The fraction of sp³-hybridized carbons (Fsp3) is 0.400. The van der Waals surface area contributed by atoms with Crippen molar-refractivity contribution >= 4 is 22.7 Å². The second-order valence-electron chi connectivity index (χ2n) is 3.24. The molecule has 0 saturated carbocycles. The lowest BCUT2D eigenvalue weighted by Gasteiger charge is -2.00. The van der Waals surface area contributed by atoms with Gasteiger partial charge in [0.2, 0.25) is 0 Å². The smallest absolute Gasteiger partial charge is 0.0896 e. The minimum atomic E-state index is 0.919. The summed E-state index contributed by atoms with van der Waals surface area (Å²) >= 11 is 3.46. The average molecular weight is 239 g/mol. The highest BCUT2D eigenvalue weighted by Crippen LogP contribution is 2.11. The molecule has 5 heteroatoms. The molecule has 2 rings (SSSR count). The molecular weight excluding hydrogens is 226 g/mol. The zero-order chi connectivity index (χ0) is 10.5. The van der Waals surface area contributed by atoms with E-state index in [0.29, 0.717) is 0 Å². The number of hydrogen-bond acceptors (Lipinski definition) is 5. The van der Waals surface area contributed by atoms with Crippen LogP contribution in [0.5, 0.6) is 0 Å². The molecule has 1 N–H and O–H groups in total. The quantitative estimate of drug-likeness (QED) is 0.813. The summed E-state index contributed by atoms with van der Waals surface area (Å²) in [5.41, 5.74) is 1.86. The minimum Gasteiger partial charge on any atom is -0.311 e. The molecule has 0 amide bonds. The molecule has 0 bridgehead atoms. The zero-order valence-electron chi connectivity index (χ0n) is 8.56. The van der Waals surface area contributed by atoms with Gasteiger partial charge in [0.05, 0.1) is 10.5 Å². The summed E-state index contributed by atoms with van der Waals surface area (Å²) in [5, 5.41) is 4.54. The molecule has 2 heterocycles. The van der Waals surface area contributed by atoms with Gasteiger partial charge in [-0.2, -0.15) is 0 Å². The number of nitrogens with zero attached hydrogens (tertiary/aromatic N) is 2. The van der Waals surface area contributed by atoms with E-state index in [1.54, 1.807) is 22.7 Å². The van der Waals surface area contributed by atoms with Gasteiger partial charge in [0.15, 0.2) is 0 Å². The summed E-state index contributed by atoms with van der Waals surface area (Å²) in [6.07, 6.45) is 4.94. The van der Waals surface area contributed by atoms with E-state index in [1.165, 1.54) is 9.75 Å². The Kier molecular flexibility index (Phi) is 3.82. The summed E-state index contributed by atoms with van der Waals surface area (Å²) < 4.78 is 0. The van der Waals surface area contributed by atoms with Gasteiger partial charge in [-0.3, -0.25) is 4.98 Å². The highest BCUT2D eigenvalue weighted by atomic mass is 32.1. The van der Waals surface area contributed by atoms with Crippen LogP contribution >= 0.6 is 22.7 Å². The first-order valence-electron chi connectivity index (χ1n) is 4.84. The minimum absolute atomic E-state index is 0.919. The molecule has 0 saturated heterocycles. The lowest BCUT2D eigenvalue weighted by Crippen LogP contribution is -2.15. The Hall–Kier alpha value is -0.780. The van der Waals surface area contributed by atoms with Crippen LogP contribution in [0.15, 0.2) is 17.9 Å². The molecule has 0 atom stereocenters. The van der Waals surface area contributed by atoms with Crippen molar-refractivity contribution in [3.63, 3.8) is 0 Å². The highest BCUT2D eigenvalue weighted by Gasteiger charge is 1.98. The van der Waals surface area contributed by atoms with Crippen LogP contribution in [0.3, 0.4) is 0 Å². The van der Waals surface area contributed by atoms with Crippen molar-refractivity contribution in [3.05, 3.63) is 32.7 Å². The summed E-state index contributed by atoms with van der Waals surface area (Å²) in [5.74, 6) is 0. The largest absolute Gasteiger partial charge is 0.311 e. The standard InChI is InChI=1S/C10H13N3S2/c1-8-13-6-9(15-8)2-3-11-4-10-5-12-7-14-10/h5-7,11H,2-4H2,1H3. The monoisotopic (exact) mass is 239 g/mol. The van der Waals surface area contributed by atoms with E-state index in [0.717, 1.165) is 24.5 Å². The molecule has 80 valence electrons. The second-order valence-corrected chi connectivity index (χ2v) is 5.53. The third-order valence-corrected chi connectivity index (χ3v) is 3.75. The van der Waals surface area contributed by atoms with Crippen molar-refractivity contribution in [1.29, 1.82) is 0 Å². The van der Waals surface area contributed by atoms with Gasteiger partial charge in [-0.1, -0.05) is 0 Å². The Balaban J connectivity index is 1.67. The summed E-state index contributed by atoms with van der Waals surface area (Å²) in [7, 11) is 0. The number of nitrogens with one attached hydrogen (secondary N) is 1. The predicted octanol–water partition coefficient (Wildman–Crippen LogP) is 2.24. The highest BCUT2D eigenvalue weighted by molar-refractivity contribution is 7.11. The van der Waals surface area contributed by atoms with E-state index in [1.807, 2.05) is 24.8 Å². The molecule has 3 nitrogen and oxygen atoms in total. The maximum Gasteiger partial charge on any atom is 0.0896 e. The Morgan fingerprint density at radius 3 is 2.93 bits per heavy atom. The van der Waals surface area contributed by atoms with Crippen LogP contribution in [0.4, 0.5) is 0 Å². The van der Waals surface area contributed by atoms with Crippen LogP contribution in [0.2, 0.25) is 0 Å². The van der Waals surface area contributed by atoms with Crippen LogP contribution in [0.25, 0.3) is 0 Å². The molecule has 0 aliphatic heterocycles. The van der Waals surface area contributed by atoms with E-state index < -0.39 is 0 Å². The molecule has 0 radical (unpaired) electrons. The molecule has 15 heavy (non-hydrogen) atoms. The van der Waals surface area contributed by atoms with Crippen LogP contribution in [0, 0.1) is 6.92 Å². The van der Waals surface area contributed by atoms with Crippen LogP contribution < -0.4 is 5.32 Å². The molecule has 0 aliphatic carbocycles. The SMILES string of the molecule is Cc1ncc(CCNCc2cncs2)s1. The Bertz CT molecular complexity index is 394. The molecule has 2 aromatic heterocycles. The molecule has 0 fully saturated rings. The van der Waals surface area contributed by atoms with Crippen LogP contribution in [-0.4, -0.2) is 16.5 Å². The van der Waals surface area contributed by atoms with Gasteiger partial charge in [0, 0.05) is 35.2 Å². The van der Waals surface area contributed by atoms with E-state index in [-0.39, 0.29) is 0 Å². The third-order valence-electron chi connectivity index (χ3n) is 2.00. The summed E-state index contributed by atoms with van der Waals surface area (Å²) in [4.78, 5) is 10.9. The molecular formula is C10H13N3S2. The van der Waals surface area contributed by atoms with Crippen LogP contribution in [-0.2, 0) is 13.0 Å². The fourth-order valence-corrected chi connectivity index (χ4v) is 2.63. The van der Waals surface area contributed by atoms with E-state index >= 15 is 0 Å². The molecule has 2 aromatic rings. The molecule has 0 aromatic carbocycles. The lowest BCUT2D eigenvalue weighted by molar-refractivity contribution is 0.696. The molecule has 0 unspecified atom stereocenters. The van der Waals surface area contributed by atoms with Gasteiger partial charge in [-0.25, -0.2) is 4.98 Å². The zero-order valence-corrected chi connectivity index (χ0v) is 10.2. The Morgan fingerprint density at radius 2 is 2.27 bits per heavy atom. The third kappa shape index (κ3) is 3.37. The van der Waals surface area contributed by atoms with Gasteiger partial charge < -0.3 is 5.32 Å². The van der Waals surface area contributed by atoms with Crippen molar-refractivity contribution in [2.24, 2.45) is 0 Å². The lowest BCUT2D eigenvalue weighted by atomic mass is 10.4. The van der Waals surface area contributed by atoms with Crippen molar-refractivity contribution in [2.75, 3.05) is 6.54 Å². The fourth-order valence-electron chi connectivity index (χ4n) is 1.27. The predicted molar refractivity (Wildman–Crippen MR) is 64.4 cm³/mol. The van der Waals surface area contributed by atoms with Crippen LogP contribution in [0.1, 0.15) is 14.8 Å². The van der Waals surface area contributed by atoms with Gasteiger partial charge in [-0.05, 0) is 13.3 Å². The van der Waals surface area contributed by atoms with Gasteiger partial charge >= 0.3 is 0 Å². The first kappa shape index (κ1) is 10.7. The first-order chi connectivity index (χ1) is 7.34. The second kappa shape index (κ2) is 5.34. The topological polar surface area (TPSA) is 37.8 Å². The van der Waals surface area contributed by atoms with Crippen molar-refractivity contribution in [1.82, 2.24) is 15.3 Å². The number of aromatic nitrogens is 2. The van der Waals surface area contributed by atoms with E-state index in [2.05, 4.69) is 15.3 Å². The average Bonchev–Trinajstić information content (AvgIpc) is 2.84. The number of rotatable bonds is 5. The Morgan fingerprint density at radius 1 is 1.33 bits per heavy atom.